The van der Waals surface area contributed by atoms with Crippen LogP contribution in [0.4, 0.5) is 10.5 Å². The fourth-order valence-electron chi connectivity index (χ4n) is 3.02. The number of carbonyl (C=O) groups is 3. The number of ether oxygens (including phenoxy) is 1. The van der Waals surface area contributed by atoms with Gasteiger partial charge in [-0.25, -0.2) is 4.79 Å². The molecule has 2 amide bonds. The van der Waals surface area contributed by atoms with Crippen molar-refractivity contribution in [3.05, 3.63) is 29.8 Å². The Bertz CT molecular complexity index is 645. The molecule has 122 valence electrons. The normalized spacial score (nSPS) is 20.2. The number of carboxylic acid groups (broad SMARTS) is 1. The van der Waals surface area contributed by atoms with Crippen molar-refractivity contribution in [2.75, 3.05) is 18.1 Å². The van der Waals surface area contributed by atoms with E-state index >= 15 is 0 Å². The summed E-state index contributed by atoms with van der Waals surface area (Å²) in [4.78, 5) is 38.3. The van der Waals surface area contributed by atoms with E-state index in [1.54, 1.807) is 9.80 Å². The van der Waals surface area contributed by atoms with Crippen molar-refractivity contribution in [3.8, 4) is 0 Å². The lowest BCUT2D eigenvalue weighted by atomic mass is 10.0. The molecule has 7 nitrogen and oxygen atoms in total. The molecule has 1 aromatic rings. The maximum atomic E-state index is 12.3. The summed E-state index contributed by atoms with van der Waals surface area (Å²) in [6.07, 6.45) is 0.0713. The molecule has 2 heterocycles. The van der Waals surface area contributed by atoms with Gasteiger partial charge in [0.25, 0.3) is 0 Å². The smallest absolute Gasteiger partial charge is 0.414 e. The van der Waals surface area contributed by atoms with Gasteiger partial charge in [-0.2, -0.15) is 0 Å². The Hall–Kier alpha value is -2.57. The van der Waals surface area contributed by atoms with E-state index < -0.39 is 5.97 Å². The Morgan fingerprint density at radius 3 is 2.83 bits per heavy atom. The highest BCUT2D eigenvalue weighted by atomic mass is 16.6. The topological polar surface area (TPSA) is 87.1 Å². The Labute approximate surface area is 133 Å². The van der Waals surface area contributed by atoms with Crippen LogP contribution in [-0.4, -0.2) is 47.2 Å². The van der Waals surface area contributed by atoms with Crippen LogP contribution in [0.2, 0.25) is 0 Å². The van der Waals surface area contributed by atoms with Crippen molar-refractivity contribution in [1.29, 1.82) is 0 Å². The highest BCUT2D eigenvalue weighted by Crippen LogP contribution is 2.31. The van der Waals surface area contributed by atoms with Gasteiger partial charge in [0.1, 0.15) is 6.61 Å². The van der Waals surface area contributed by atoms with E-state index in [2.05, 4.69) is 0 Å². The van der Waals surface area contributed by atoms with Gasteiger partial charge in [0, 0.05) is 19.5 Å². The van der Waals surface area contributed by atoms with Gasteiger partial charge >= 0.3 is 12.1 Å². The summed E-state index contributed by atoms with van der Waals surface area (Å²) in [6, 6.07) is 7.33. The van der Waals surface area contributed by atoms with Gasteiger partial charge in [-0.3, -0.25) is 14.5 Å². The first-order valence-electron chi connectivity index (χ1n) is 7.59. The molecule has 1 aromatic carbocycles. The molecule has 0 aromatic heterocycles. The Kier molecular flexibility index (Phi) is 4.18. The van der Waals surface area contributed by atoms with Crippen LogP contribution in [-0.2, 0) is 20.9 Å². The number of para-hydroxylation sites is 1. The molecule has 1 fully saturated rings. The molecule has 7 heteroatoms. The zero-order valence-electron chi connectivity index (χ0n) is 12.6. The Balaban J connectivity index is 1.85. The van der Waals surface area contributed by atoms with E-state index in [9.17, 15) is 14.4 Å². The van der Waals surface area contributed by atoms with Crippen LogP contribution in [0, 0.1) is 0 Å². The highest BCUT2D eigenvalue weighted by molar-refractivity contribution is 5.91. The number of anilines is 1. The number of hydrogen-bond donors (Lipinski definition) is 1. The number of rotatable bonds is 3. The highest BCUT2D eigenvalue weighted by Gasteiger charge is 2.37. The van der Waals surface area contributed by atoms with E-state index in [-0.39, 0.29) is 30.9 Å². The first-order valence-corrected chi connectivity index (χ1v) is 7.59. The number of aliphatic carboxylic acids is 1. The van der Waals surface area contributed by atoms with Gasteiger partial charge in [-0.15, -0.1) is 0 Å². The summed E-state index contributed by atoms with van der Waals surface area (Å²) in [7, 11) is 0. The van der Waals surface area contributed by atoms with E-state index in [0.717, 1.165) is 11.3 Å². The molecule has 23 heavy (non-hydrogen) atoms. The van der Waals surface area contributed by atoms with Gasteiger partial charge in [-0.05, 0) is 18.1 Å². The van der Waals surface area contributed by atoms with Crippen LogP contribution in [0.5, 0.6) is 0 Å². The second-order valence-electron chi connectivity index (χ2n) is 5.73. The zero-order valence-corrected chi connectivity index (χ0v) is 12.6. The average molecular weight is 318 g/mol. The number of hydrogen-bond acceptors (Lipinski definition) is 4. The fourth-order valence-corrected chi connectivity index (χ4v) is 3.02. The molecule has 0 aliphatic carbocycles. The molecule has 1 saturated heterocycles. The predicted octanol–water partition coefficient (Wildman–Crippen LogP) is 1.61. The number of nitrogens with zero attached hydrogens (tertiary/aromatic N) is 2. The predicted molar refractivity (Wildman–Crippen MR) is 81.0 cm³/mol. The van der Waals surface area contributed by atoms with Crippen molar-refractivity contribution in [2.45, 2.75) is 31.8 Å². The third-order valence-corrected chi connectivity index (χ3v) is 4.21. The van der Waals surface area contributed by atoms with Gasteiger partial charge < -0.3 is 14.7 Å². The third kappa shape index (κ3) is 3.13. The molecular weight excluding hydrogens is 300 g/mol. The number of cyclic esters (lactones) is 1. The largest absolute Gasteiger partial charge is 0.481 e. The minimum atomic E-state index is -0.980. The number of fused-ring (bicyclic) bond motifs is 3. The minimum absolute atomic E-state index is 0.0126. The molecule has 0 unspecified atom stereocenters. The molecule has 2 aliphatic heterocycles. The van der Waals surface area contributed by atoms with Gasteiger partial charge in [0.05, 0.1) is 18.2 Å². The SMILES string of the molecule is O=C(O)CCC(=O)N1CC[C@H]2COC(=O)N2c2ccccc2C1. The quantitative estimate of drug-likeness (QED) is 0.915. The van der Waals surface area contributed by atoms with Crippen LogP contribution in [0.3, 0.4) is 0 Å². The van der Waals surface area contributed by atoms with Gasteiger partial charge in [-0.1, -0.05) is 18.2 Å². The summed E-state index contributed by atoms with van der Waals surface area (Å²) in [5, 5.41) is 8.74. The average Bonchev–Trinajstić information content (AvgIpc) is 2.87. The summed E-state index contributed by atoms with van der Waals surface area (Å²) in [5.41, 5.74) is 1.62. The molecule has 0 radical (unpaired) electrons. The van der Waals surface area contributed by atoms with E-state index in [1.807, 2.05) is 24.3 Å². The zero-order chi connectivity index (χ0) is 16.4. The second kappa shape index (κ2) is 6.28. The maximum Gasteiger partial charge on any atom is 0.414 e. The van der Waals surface area contributed by atoms with E-state index in [4.69, 9.17) is 9.84 Å². The van der Waals surface area contributed by atoms with Crippen LogP contribution < -0.4 is 4.90 Å². The fraction of sp³-hybridized carbons (Fsp3) is 0.438. The van der Waals surface area contributed by atoms with Crippen LogP contribution in [0.1, 0.15) is 24.8 Å². The number of benzene rings is 1. The molecule has 0 bridgehead atoms. The summed E-state index contributed by atoms with van der Waals surface area (Å²) in [6.45, 7) is 1.15. The van der Waals surface area contributed by atoms with Crippen LogP contribution >= 0.6 is 0 Å². The standard InChI is InChI=1S/C16H18N2O5/c19-14(5-6-15(20)21)17-8-7-12-10-23-16(22)18(12)13-4-2-1-3-11(13)9-17/h1-4,12H,5-10H2,(H,20,21)/t12-/m0/s1. The Morgan fingerprint density at radius 1 is 1.26 bits per heavy atom. The first kappa shape index (κ1) is 15.3. The molecule has 3 rings (SSSR count). The lowest BCUT2D eigenvalue weighted by molar-refractivity contribution is -0.141. The van der Waals surface area contributed by atoms with Crippen molar-refractivity contribution >= 4 is 23.7 Å². The lowest BCUT2D eigenvalue weighted by Crippen LogP contribution is -2.42. The molecular formula is C16H18N2O5. The minimum Gasteiger partial charge on any atom is -0.481 e. The summed E-state index contributed by atoms with van der Waals surface area (Å²) >= 11 is 0. The maximum absolute atomic E-state index is 12.3. The summed E-state index contributed by atoms with van der Waals surface area (Å²) in [5.74, 6) is -1.16. The summed E-state index contributed by atoms with van der Waals surface area (Å²) < 4.78 is 5.15. The molecule has 0 spiro atoms. The molecule has 0 saturated carbocycles. The van der Waals surface area contributed by atoms with Gasteiger partial charge in [0.15, 0.2) is 0 Å². The first-order chi connectivity index (χ1) is 11.1. The van der Waals surface area contributed by atoms with Crippen LogP contribution in [0.15, 0.2) is 24.3 Å². The lowest BCUT2D eigenvalue weighted by Gasteiger charge is -2.32. The van der Waals surface area contributed by atoms with Crippen LogP contribution in [0.25, 0.3) is 0 Å². The van der Waals surface area contributed by atoms with Crippen molar-refractivity contribution < 1.29 is 24.2 Å². The second-order valence-corrected chi connectivity index (χ2v) is 5.73. The number of carboxylic acids is 1. The molecule has 2 aliphatic rings. The van der Waals surface area contributed by atoms with E-state index in [0.29, 0.717) is 26.1 Å². The Morgan fingerprint density at radius 2 is 2.04 bits per heavy atom. The number of amides is 2. The van der Waals surface area contributed by atoms with Crippen molar-refractivity contribution in [3.63, 3.8) is 0 Å². The van der Waals surface area contributed by atoms with Crippen molar-refractivity contribution in [2.24, 2.45) is 0 Å². The molecule has 1 N–H and O–H groups in total. The van der Waals surface area contributed by atoms with Crippen molar-refractivity contribution in [1.82, 2.24) is 4.90 Å². The third-order valence-electron chi connectivity index (χ3n) is 4.21. The van der Waals surface area contributed by atoms with E-state index in [1.165, 1.54) is 0 Å². The van der Waals surface area contributed by atoms with Gasteiger partial charge in [0.2, 0.25) is 5.91 Å². The number of carbonyl (C=O) groups excluding carboxylic acids is 2. The monoisotopic (exact) mass is 318 g/mol. The molecule has 1 atom stereocenters.